The molecule has 2 aromatic rings. The number of ketones is 1. The average molecular weight is 303 g/mol. The summed E-state index contributed by atoms with van der Waals surface area (Å²) in [6, 6.07) is 10.4. The highest BCUT2D eigenvalue weighted by atomic mass is 32.1. The molecule has 4 nitrogen and oxygen atoms in total. The number of nitrogens with zero attached hydrogens (tertiary/aromatic N) is 1. The van der Waals surface area contributed by atoms with E-state index in [-0.39, 0.29) is 24.8 Å². The number of carbonyl (C=O) groups excluding carboxylic acids is 2. The van der Waals surface area contributed by atoms with E-state index in [1.54, 1.807) is 30.3 Å². The molecule has 0 unspecified atom stereocenters. The van der Waals surface area contributed by atoms with Gasteiger partial charge in [-0.2, -0.15) is 0 Å². The summed E-state index contributed by atoms with van der Waals surface area (Å²) in [6.45, 7) is 2.50. The number of carbonyl (C=O) groups is 2. The average Bonchev–Trinajstić information content (AvgIpc) is 3.05. The van der Waals surface area contributed by atoms with E-state index in [0.29, 0.717) is 22.5 Å². The standard InChI is InChI=1S/C16H17NO3S/c1-2-17(9-10-18)16(20)13-7-4-3-6-12(13)15(19)14-8-5-11-21-14/h3-8,11,18H,2,9-10H2,1H3. The molecule has 5 heteroatoms. The molecule has 1 N–H and O–H groups in total. The van der Waals surface area contributed by atoms with E-state index in [1.165, 1.54) is 16.2 Å². The fourth-order valence-corrected chi connectivity index (χ4v) is 2.78. The Morgan fingerprint density at radius 1 is 1.14 bits per heavy atom. The first-order valence-corrected chi connectivity index (χ1v) is 7.64. The first-order valence-electron chi connectivity index (χ1n) is 6.76. The van der Waals surface area contributed by atoms with Crippen molar-refractivity contribution in [2.24, 2.45) is 0 Å². The van der Waals surface area contributed by atoms with Gasteiger partial charge in [0.05, 0.1) is 17.0 Å². The van der Waals surface area contributed by atoms with Crippen molar-refractivity contribution in [3.63, 3.8) is 0 Å². The van der Waals surface area contributed by atoms with Crippen molar-refractivity contribution in [3.8, 4) is 0 Å². The Bertz CT molecular complexity index is 622. The molecule has 0 aliphatic heterocycles. The summed E-state index contributed by atoms with van der Waals surface area (Å²) >= 11 is 1.36. The van der Waals surface area contributed by atoms with Crippen LogP contribution < -0.4 is 0 Å². The minimum atomic E-state index is -0.230. The lowest BCUT2D eigenvalue weighted by Gasteiger charge is -2.20. The molecule has 1 amide bonds. The molecule has 0 fully saturated rings. The Balaban J connectivity index is 2.37. The van der Waals surface area contributed by atoms with Gasteiger partial charge < -0.3 is 10.0 Å². The summed E-state index contributed by atoms with van der Waals surface area (Å²) in [4.78, 5) is 27.2. The van der Waals surface area contributed by atoms with Crippen molar-refractivity contribution in [2.75, 3.05) is 19.7 Å². The van der Waals surface area contributed by atoms with Gasteiger partial charge in [0.25, 0.3) is 5.91 Å². The van der Waals surface area contributed by atoms with Gasteiger partial charge in [-0.1, -0.05) is 24.3 Å². The lowest BCUT2D eigenvalue weighted by atomic mass is 10.0. The van der Waals surface area contributed by atoms with Crippen LogP contribution in [0.4, 0.5) is 0 Å². The summed E-state index contributed by atoms with van der Waals surface area (Å²) in [5.74, 6) is -0.374. The maximum absolute atomic E-state index is 12.5. The lowest BCUT2D eigenvalue weighted by Crippen LogP contribution is -2.34. The largest absolute Gasteiger partial charge is 0.395 e. The van der Waals surface area contributed by atoms with Gasteiger partial charge in [-0.3, -0.25) is 9.59 Å². The predicted octanol–water partition coefficient (Wildman–Crippen LogP) is 2.43. The van der Waals surface area contributed by atoms with Crippen LogP contribution in [0.15, 0.2) is 41.8 Å². The fourth-order valence-electron chi connectivity index (χ4n) is 2.10. The van der Waals surface area contributed by atoms with Gasteiger partial charge in [-0.05, 0) is 24.4 Å². The number of amides is 1. The molecule has 110 valence electrons. The van der Waals surface area contributed by atoms with Crippen LogP contribution in [-0.2, 0) is 0 Å². The van der Waals surface area contributed by atoms with Crippen molar-refractivity contribution in [1.29, 1.82) is 0 Å². The Morgan fingerprint density at radius 3 is 2.43 bits per heavy atom. The van der Waals surface area contributed by atoms with Gasteiger partial charge in [0, 0.05) is 18.7 Å². The van der Waals surface area contributed by atoms with E-state index < -0.39 is 0 Å². The third-order valence-electron chi connectivity index (χ3n) is 3.19. The number of likely N-dealkylation sites (N-methyl/N-ethyl adjacent to an activating group) is 1. The molecule has 0 aliphatic carbocycles. The molecule has 0 spiro atoms. The van der Waals surface area contributed by atoms with Gasteiger partial charge in [0.15, 0.2) is 0 Å². The number of rotatable bonds is 6. The van der Waals surface area contributed by atoms with Crippen molar-refractivity contribution >= 4 is 23.0 Å². The highest BCUT2D eigenvalue weighted by Crippen LogP contribution is 2.19. The Morgan fingerprint density at radius 2 is 1.86 bits per heavy atom. The number of benzene rings is 1. The molecule has 0 radical (unpaired) electrons. The highest BCUT2D eigenvalue weighted by molar-refractivity contribution is 7.12. The molecule has 0 atom stereocenters. The van der Waals surface area contributed by atoms with Crippen LogP contribution in [-0.4, -0.2) is 41.4 Å². The SMILES string of the molecule is CCN(CCO)C(=O)c1ccccc1C(=O)c1cccs1. The summed E-state index contributed by atoms with van der Waals surface area (Å²) in [7, 11) is 0. The second-order valence-corrected chi connectivity index (χ2v) is 5.41. The molecule has 1 aromatic heterocycles. The molecule has 0 saturated heterocycles. The van der Waals surface area contributed by atoms with Crippen LogP contribution in [0.2, 0.25) is 0 Å². The minimum Gasteiger partial charge on any atom is -0.395 e. The molecule has 0 saturated carbocycles. The van der Waals surface area contributed by atoms with Gasteiger partial charge in [0.2, 0.25) is 5.78 Å². The van der Waals surface area contributed by atoms with Crippen LogP contribution in [0.3, 0.4) is 0 Å². The molecular weight excluding hydrogens is 286 g/mol. The molecule has 1 aromatic carbocycles. The highest BCUT2D eigenvalue weighted by Gasteiger charge is 2.21. The first kappa shape index (κ1) is 15.4. The number of thiophene rings is 1. The van der Waals surface area contributed by atoms with E-state index in [2.05, 4.69) is 0 Å². The number of hydrogen-bond acceptors (Lipinski definition) is 4. The van der Waals surface area contributed by atoms with Gasteiger partial charge in [-0.25, -0.2) is 0 Å². The quantitative estimate of drug-likeness (QED) is 0.834. The number of aliphatic hydroxyl groups is 1. The summed E-state index contributed by atoms with van der Waals surface area (Å²) in [5, 5.41) is 10.9. The topological polar surface area (TPSA) is 57.6 Å². The van der Waals surface area contributed by atoms with Crippen molar-refractivity contribution < 1.29 is 14.7 Å². The predicted molar refractivity (Wildman–Crippen MR) is 82.9 cm³/mol. The molecular formula is C16H17NO3S. The normalized spacial score (nSPS) is 10.4. The van der Waals surface area contributed by atoms with Crippen molar-refractivity contribution in [3.05, 3.63) is 57.8 Å². The maximum Gasteiger partial charge on any atom is 0.254 e. The third kappa shape index (κ3) is 3.37. The Hall–Kier alpha value is -1.98. The second kappa shape index (κ2) is 7.15. The van der Waals surface area contributed by atoms with Crippen molar-refractivity contribution in [1.82, 2.24) is 4.90 Å². The summed E-state index contributed by atoms with van der Waals surface area (Å²) in [6.07, 6.45) is 0. The van der Waals surface area contributed by atoms with Gasteiger partial charge >= 0.3 is 0 Å². The van der Waals surface area contributed by atoms with E-state index >= 15 is 0 Å². The first-order chi connectivity index (χ1) is 10.2. The van der Waals surface area contributed by atoms with E-state index in [1.807, 2.05) is 18.4 Å². The molecule has 0 aliphatic rings. The molecule has 0 bridgehead atoms. The van der Waals surface area contributed by atoms with Gasteiger partial charge in [-0.15, -0.1) is 11.3 Å². The zero-order chi connectivity index (χ0) is 15.2. The monoisotopic (exact) mass is 303 g/mol. The van der Waals surface area contributed by atoms with Crippen LogP contribution in [0.1, 0.15) is 32.5 Å². The van der Waals surface area contributed by atoms with E-state index in [0.717, 1.165) is 0 Å². The smallest absolute Gasteiger partial charge is 0.254 e. The summed E-state index contributed by atoms with van der Waals surface area (Å²) in [5.41, 5.74) is 0.785. The molecule has 2 rings (SSSR count). The molecule has 21 heavy (non-hydrogen) atoms. The van der Waals surface area contributed by atoms with Crippen LogP contribution in [0, 0.1) is 0 Å². The Labute approximate surface area is 127 Å². The fraction of sp³-hybridized carbons (Fsp3) is 0.250. The van der Waals surface area contributed by atoms with E-state index in [9.17, 15) is 9.59 Å². The number of hydrogen-bond donors (Lipinski definition) is 1. The van der Waals surface area contributed by atoms with Crippen molar-refractivity contribution in [2.45, 2.75) is 6.92 Å². The molecule has 1 heterocycles. The van der Waals surface area contributed by atoms with E-state index in [4.69, 9.17) is 5.11 Å². The number of aliphatic hydroxyl groups excluding tert-OH is 1. The van der Waals surface area contributed by atoms with Gasteiger partial charge in [0.1, 0.15) is 0 Å². The van der Waals surface area contributed by atoms with Crippen LogP contribution >= 0.6 is 11.3 Å². The Kier molecular flexibility index (Phi) is 5.25. The zero-order valence-electron chi connectivity index (χ0n) is 11.8. The lowest BCUT2D eigenvalue weighted by molar-refractivity contribution is 0.0728. The zero-order valence-corrected chi connectivity index (χ0v) is 12.6. The summed E-state index contributed by atoms with van der Waals surface area (Å²) < 4.78 is 0. The minimum absolute atomic E-state index is 0.0966. The third-order valence-corrected chi connectivity index (χ3v) is 4.05. The van der Waals surface area contributed by atoms with Crippen LogP contribution in [0.5, 0.6) is 0 Å². The van der Waals surface area contributed by atoms with Crippen LogP contribution in [0.25, 0.3) is 0 Å². The second-order valence-electron chi connectivity index (χ2n) is 4.46. The maximum atomic E-state index is 12.5.